The summed E-state index contributed by atoms with van der Waals surface area (Å²) in [5.74, 6) is 0.769. The van der Waals surface area contributed by atoms with Gasteiger partial charge in [0.1, 0.15) is 28.8 Å². The van der Waals surface area contributed by atoms with Gasteiger partial charge >= 0.3 is 0 Å². The van der Waals surface area contributed by atoms with Gasteiger partial charge in [0.2, 0.25) is 0 Å². The SMILES string of the molecule is NC(=O)c1cc(NCc2ncccn2)cc(-c2ccc(Oc3ccc(F)cc3)cc2)n1. The Kier molecular flexibility index (Phi) is 5.79. The second-order valence-corrected chi connectivity index (χ2v) is 6.59. The molecule has 2 aromatic carbocycles. The molecule has 0 spiro atoms. The summed E-state index contributed by atoms with van der Waals surface area (Å²) in [4.78, 5) is 24.4. The van der Waals surface area contributed by atoms with Gasteiger partial charge in [0.25, 0.3) is 5.91 Å². The van der Waals surface area contributed by atoms with Gasteiger partial charge in [0.15, 0.2) is 0 Å². The lowest BCUT2D eigenvalue weighted by Gasteiger charge is -2.11. The van der Waals surface area contributed by atoms with Crippen molar-refractivity contribution in [3.63, 3.8) is 0 Å². The Morgan fingerprint density at radius 1 is 0.968 bits per heavy atom. The second kappa shape index (κ2) is 9.00. The van der Waals surface area contributed by atoms with Crippen LogP contribution in [0.4, 0.5) is 10.1 Å². The zero-order valence-corrected chi connectivity index (χ0v) is 16.3. The highest BCUT2D eigenvalue weighted by Crippen LogP contribution is 2.27. The minimum absolute atomic E-state index is 0.139. The van der Waals surface area contributed by atoms with Crippen LogP contribution in [0, 0.1) is 5.82 Å². The number of pyridine rings is 1. The van der Waals surface area contributed by atoms with E-state index in [0.717, 1.165) is 5.56 Å². The fourth-order valence-corrected chi connectivity index (χ4v) is 2.84. The molecule has 0 saturated heterocycles. The number of primary amides is 1. The molecule has 2 aromatic heterocycles. The summed E-state index contributed by atoms with van der Waals surface area (Å²) in [6.07, 6.45) is 3.32. The van der Waals surface area contributed by atoms with E-state index in [1.54, 1.807) is 48.8 Å². The van der Waals surface area contributed by atoms with E-state index in [-0.39, 0.29) is 11.5 Å². The predicted molar refractivity (Wildman–Crippen MR) is 114 cm³/mol. The van der Waals surface area contributed by atoms with Crippen LogP contribution in [0.2, 0.25) is 0 Å². The van der Waals surface area contributed by atoms with Gasteiger partial charge in [-0.3, -0.25) is 4.79 Å². The predicted octanol–water partition coefficient (Wildman–Crippen LogP) is 4.18. The number of anilines is 1. The molecule has 0 aliphatic carbocycles. The quantitative estimate of drug-likeness (QED) is 0.469. The van der Waals surface area contributed by atoms with Crippen molar-refractivity contribution in [1.82, 2.24) is 15.0 Å². The van der Waals surface area contributed by atoms with Crippen LogP contribution in [-0.2, 0) is 6.54 Å². The minimum atomic E-state index is -0.628. The molecular formula is C23H18FN5O2. The standard InChI is InChI=1S/C23H18FN5O2/c24-16-4-8-19(9-5-16)31-18-6-2-15(3-7-18)20-12-17(13-21(29-20)23(25)30)28-14-22-26-10-1-11-27-22/h1-13H,14H2,(H2,25,30)(H,28,29). The normalized spacial score (nSPS) is 10.5. The molecule has 3 N–H and O–H groups in total. The summed E-state index contributed by atoms with van der Waals surface area (Å²) in [5.41, 5.74) is 7.60. The third kappa shape index (κ3) is 5.18. The lowest BCUT2D eigenvalue weighted by Crippen LogP contribution is -2.14. The molecule has 0 radical (unpaired) electrons. The number of carbonyl (C=O) groups is 1. The van der Waals surface area contributed by atoms with Gasteiger partial charge in [-0.1, -0.05) is 0 Å². The van der Waals surface area contributed by atoms with E-state index in [2.05, 4.69) is 20.3 Å². The van der Waals surface area contributed by atoms with E-state index in [4.69, 9.17) is 10.5 Å². The van der Waals surface area contributed by atoms with E-state index < -0.39 is 5.91 Å². The summed E-state index contributed by atoms with van der Waals surface area (Å²) in [5, 5.41) is 3.19. The first-order valence-corrected chi connectivity index (χ1v) is 9.42. The maximum absolute atomic E-state index is 13.0. The molecule has 0 atom stereocenters. The first-order chi connectivity index (χ1) is 15.1. The summed E-state index contributed by atoms with van der Waals surface area (Å²) in [6.45, 7) is 0.382. The number of nitrogens with two attached hydrogens (primary N) is 1. The average molecular weight is 415 g/mol. The van der Waals surface area contributed by atoms with Crippen LogP contribution in [0.25, 0.3) is 11.3 Å². The highest BCUT2D eigenvalue weighted by Gasteiger charge is 2.10. The smallest absolute Gasteiger partial charge is 0.267 e. The summed E-state index contributed by atoms with van der Waals surface area (Å²) >= 11 is 0. The minimum Gasteiger partial charge on any atom is -0.457 e. The number of aromatic nitrogens is 3. The molecule has 0 bridgehead atoms. The molecule has 2 heterocycles. The molecule has 0 aliphatic heterocycles. The number of nitrogens with zero attached hydrogens (tertiary/aromatic N) is 3. The molecule has 4 rings (SSSR count). The fraction of sp³-hybridized carbons (Fsp3) is 0.0435. The Balaban J connectivity index is 1.55. The first-order valence-electron chi connectivity index (χ1n) is 9.42. The monoisotopic (exact) mass is 415 g/mol. The average Bonchev–Trinajstić information content (AvgIpc) is 2.80. The van der Waals surface area contributed by atoms with Crippen LogP contribution < -0.4 is 15.8 Å². The number of hydrogen-bond acceptors (Lipinski definition) is 6. The number of rotatable bonds is 7. The summed E-state index contributed by atoms with van der Waals surface area (Å²) in [7, 11) is 0. The largest absolute Gasteiger partial charge is 0.457 e. The number of ether oxygens (including phenoxy) is 1. The maximum atomic E-state index is 13.0. The Labute approximate surface area is 177 Å². The van der Waals surface area contributed by atoms with Crippen molar-refractivity contribution in [2.75, 3.05) is 5.32 Å². The van der Waals surface area contributed by atoms with Gasteiger partial charge in [-0.15, -0.1) is 0 Å². The van der Waals surface area contributed by atoms with E-state index in [0.29, 0.717) is 35.2 Å². The molecule has 154 valence electrons. The summed E-state index contributed by atoms with van der Waals surface area (Å²) < 4.78 is 18.7. The molecule has 0 saturated carbocycles. The molecule has 31 heavy (non-hydrogen) atoms. The van der Waals surface area contributed by atoms with Gasteiger partial charge in [-0.25, -0.2) is 19.3 Å². The Morgan fingerprint density at radius 3 is 2.26 bits per heavy atom. The van der Waals surface area contributed by atoms with Crippen molar-refractivity contribution in [3.05, 3.63) is 96.5 Å². The third-order valence-electron chi connectivity index (χ3n) is 4.35. The summed E-state index contributed by atoms with van der Waals surface area (Å²) in [6, 6.07) is 18.1. The lowest BCUT2D eigenvalue weighted by atomic mass is 10.1. The topological polar surface area (TPSA) is 103 Å². The molecule has 0 fully saturated rings. The van der Waals surface area contributed by atoms with Crippen LogP contribution in [0.5, 0.6) is 11.5 Å². The number of amides is 1. The van der Waals surface area contributed by atoms with Crippen molar-refractivity contribution < 1.29 is 13.9 Å². The molecule has 0 aliphatic rings. The van der Waals surface area contributed by atoms with Crippen LogP contribution in [0.1, 0.15) is 16.3 Å². The fourth-order valence-electron chi connectivity index (χ4n) is 2.84. The Bertz CT molecular complexity index is 1180. The highest BCUT2D eigenvalue weighted by molar-refractivity contribution is 5.92. The van der Waals surface area contributed by atoms with E-state index in [9.17, 15) is 9.18 Å². The number of hydrogen-bond donors (Lipinski definition) is 2. The molecular weight excluding hydrogens is 397 g/mol. The second-order valence-electron chi connectivity index (χ2n) is 6.59. The van der Waals surface area contributed by atoms with E-state index in [1.165, 1.54) is 12.1 Å². The van der Waals surface area contributed by atoms with E-state index >= 15 is 0 Å². The third-order valence-corrected chi connectivity index (χ3v) is 4.35. The zero-order valence-electron chi connectivity index (χ0n) is 16.3. The Morgan fingerprint density at radius 2 is 1.61 bits per heavy atom. The number of nitrogens with one attached hydrogen (secondary N) is 1. The van der Waals surface area contributed by atoms with Gasteiger partial charge in [-0.05, 0) is 66.7 Å². The maximum Gasteiger partial charge on any atom is 0.267 e. The van der Waals surface area contributed by atoms with Crippen molar-refractivity contribution in [1.29, 1.82) is 0 Å². The Hall–Kier alpha value is -4.33. The van der Waals surface area contributed by atoms with Gasteiger partial charge in [-0.2, -0.15) is 0 Å². The molecule has 4 aromatic rings. The highest BCUT2D eigenvalue weighted by atomic mass is 19.1. The lowest BCUT2D eigenvalue weighted by molar-refractivity contribution is 0.0995. The number of carbonyl (C=O) groups excluding carboxylic acids is 1. The van der Waals surface area contributed by atoms with Crippen LogP contribution in [-0.4, -0.2) is 20.9 Å². The molecule has 8 heteroatoms. The molecule has 1 amide bonds. The van der Waals surface area contributed by atoms with Crippen LogP contribution in [0.3, 0.4) is 0 Å². The van der Waals surface area contributed by atoms with Gasteiger partial charge in [0, 0.05) is 23.6 Å². The van der Waals surface area contributed by atoms with Crippen molar-refractivity contribution >= 4 is 11.6 Å². The van der Waals surface area contributed by atoms with Crippen molar-refractivity contribution in [3.8, 4) is 22.8 Å². The molecule has 0 unspecified atom stereocenters. The molecule has 7 nitrogen and oxygen atoms in total. The van der Waals surface area contributed by atoms with Crippen LogP contribution in [0.15, 0.2) is 79.1 Å². The van der Waals surface area contributed by atoms with Crippen molar-refractivity contribution in [2.45, 2.75) is 6.54 Å². The van der Waals surface area contributed by atoms with E-state index in [1.807, 2.05) is 18.2 Å². The number of benzene rings is 2. The van der Waals surface area contributed by atoms with Gasteiger partial charge in [0.05, 0.1) is 12.2 Å². The number of halogens is 1. The van der Waals surface area contributed by atoms with Crippen LogP contribution >= 0.6 is 0 Å². The van der Waals surface area contributed by atoms with Gasteiger partial charge < -0.3 is 15.8 Å². The zero-order chi connectivity index (χ0) is 21.6. The van der Waals surface area contributed by atoms with Crippen molar-refractivity contribution in [2.24, 2.45) is 5.73 Å². The first kappa shape index (κ1) is 20.0.